The fourth-order valence-electron chi connectivity index (χ4n) is 1.32. The standard InChI is InChI=1S/C7H10N2S.C2HF3O2/c1-5-7-6(2-3-8-5)9-4-10-7;3-2(4,5)1(6)7/h4-5,8H,2-3H2,1H3;(H,6,7)/t5-;/m1./s1. The molecule has 1 aliphatic rings. The van der Waals surface area contributed by atoms with E-state index >= 15 is 0 Å². The van der Waals surface area contributed by atoms with Crippen LogP contribution in [-0.4, -0.2) is 28.8 Å². The molecule has 2 heterocycles. The first-order chi connectivity index (χ1) is 7.82. The molecule has 0 amide bonds. The lowest BCUT2D eigenvalue weighted by atomic mass is 10.1. The summed E-state index contributed by atoms with van der Waals surface area (Å²) >= 11 is 1.76. The van der Waals surface area contributed by atoms with Crippen molar-refractivity contribution in [2.24, 2.45) is 0 Å². The minimum absolute atomic E-state index is 0.524. The quantitative estimate of drug-likeness (QED) is 0.755. The summed E-state index contributed by atoms with van der Waals surface area (Å²) in [7, 11) is 0. The van der Waals surface area contributed by atoms with Crippen LogP contribution < -0.4 is 5.32 Å². The Balaban J connectivity index is 0.000000185. The summed E-state index contributed by atoms with van der Waals surface area (Å²) in [6, 6.07) is 0.524. The van der Waals surface area contributed by atoms with E-state index in [1.165, 1.54) is 10.6 Å². The molecule has 0 saturated heterocycles. The van der Waals surface area contributed by atoms with Crippen LogP contribution >= 0.6 is 11.3 Å². The predicted molar refractivity (Wildman–Crippen MR) is 55.9 cm³/mol. The van der Waals surface area contributed by atoms with Gasteiger partial charge >= 0.3 is 12.1 Å². The van der Waals surface area contributed by atoms with Crippen molar-refractivity contribution in [2.75, 3.05) is 6.54 Å². The third kappa shape index (κ3) is 3.97. The highest BCUT2D eigenvalue weighted by Crippen LogP contribution is 2.24. The zero-order valence-electron chi connectivity index (χ0n) is 8.91. The number of halogens is 3. The van der Waals surface area contributed by atoms with E-state index in [1.807, 2.05) is 5.51 Å². The molecule has 2 rings (SSSR count). The number of carboxylic acids is 1. The van der Waals surface area contributed by atoms with Gasteiger partial charge in [-0.3, -0.25) is 0 Å². The second-order valence-corrected chi connectivity index (χ2v) is 4.28. The number of nitrogens with zero attached hydrogens (tertiary/aromatic N) is 1. The topological polar surface area (TPSA) is 62.2 Å². The van der Waals surface area contributed by atoms with Crippen LogP contribution in [0.3, 0.4) is 0 Å². The van der Waals surface area contributed by atoms with Gasteiger partial charge in [0.1, 0.15) is 0 Å². The van der Waals surface area contributed by atoms with E-state index in [-0.39, 0.29) is 0 Å². The molecular formula is C9H11F3N2O2S. The molecule has 4 nitrogen and oxygen atoms in total. The monoisotopic (exact) mass is 268 g/mol. The number of hydrogen-bond acceptors (Lipinski definition) is 4. The molecule has 8 heteroatoms. The van der Waals surface area contributed by atoms with Crippen molar-refractivity contribution in [1.29, 1.82) is 0 Å². The van der Waals surface area contributed by atoms with Gasteiger partial charge in [-0.2, -0.15) is 13.2 Å². The second-order valence-electron chi connectivity index (χ2n) is 3.39. The number of fused-ring (bicyclic) bond motifs is 1. The minimum Gasteiger partial charge on any atom is -0.475 e. The largest absolute Gasteiger partial charge is 0.490 e. The van der Waals surface area contributed by atoms with Crippen LogP contribution in [0.2, 0.25) is 0 Å². The van der Waals surface area contributed by atoms with E-state index in [1.54, 1.807) is 11.3 Å². The number of carboxylic acid groups (broad SMARTS) is 1. The molecule has 17 heavy (non-hydrogen) atoms. The highest BCUT2D eigenvalue weighted by molar-refractivity contribution is 7.09. The highest BCUT2D eigenvalue weighted by atomic mass is 32.1. The van der Waals surface area contributed by atoms with Crippen molar-refractivity contribution in [1.82, 2.24) is 10.3 Å². The molecule has 0 bridgehead atoms. The average molecular weight is 268 g/mol. The fraction of sp³-hybridized carbons (Fsp3) is 0.556. The summed E-state index contributed by atoms with van der Waals surface area (Å²) in [6.45, 7) is 3.27. The Hall–Kier alpha value is -1.15. The van der Waals surface area contributed by atoms with Gasteiger partial charge in [-0.05, 0) is 6.92 Å². The molecule has 0 radical (unpaired) electrons. The molecule has 0 saturated carbocycles. The van der Waals surface area contributed by atoms with E-state index < -0.39 is 12.1 Å². The lowest BCUT2D eigenvalue weighted by Crippen LogP contribution is -2.26. The number of aromatic nitrogens is 1. The smallest absolute Gasteiger partial charge is 0.475 e. The van der Waals surface area contributed by atoms with Crippen LogP contribution in [0, 0.1) is 0 Å². The van der Waals surface area contributed by atoms with E-state index in [2.05, 4.69) is 17.2 Å². The molecule has 2 N–H and O–H groups in total. The van der Waals surface area contributed by atoms with Crippen molar-refractivity contribution in [2.45, 2.75) is 25.6 Å². The molecule has 0 spiro atoms. The number of thiazole rings is 1. The van der Waals surface area contributed by atoms with Gasteiger partial charge in [0.25, 0.3) is 0 Å². The molecule has 96 valence electrons. The van der Waals surface area contributed by atoms with Crippen LogP contribution in [0.15, 0.2) is 5.51 Å². The van der Waals surface area contributed by atoms with Gasteiger partial charge < -0.3 is 10.4 Å². The normalized spacial score (nSPS) is 18.9. The summed E-state index contributed by atoms with van der Waals surface area (Å²) < 4.78 is 31.7. The number of nitrogens with one attached hydrogen (secondary N) is 1. The molecule has 1 aromatic heterocycles. The maximum Gasteiger partial charge on any atom is 0.490 e. The molecule has 0 aromatic carbocycles. The Morgan fingerprint density at radius 3 is 2.71 bits per heavy atom. The van der Waals surface area contributed by atoms with E-state index in [0.717, 1.165) is 13.0 Å². The SMILES string of the molecule is C[C@H]1NCCc2ncsc21.O=C(O)C(F)(F)F. The number of rotatable bonds is 0. The summed E-state index contributed by atoms with van der Waals surface area (Å²) in [4.78, 5) is 14.6. The number of aliphatic carboxylic acids is 1. The molecular weight excluding hydrogens is 257 g/mol. The van der Waals surface area contributed by atoms with Crippen LogP contribution in [0.4, 0.5) is 13.2 Å². The van der Waals surface area contributed by atoms with E-state index in [0.29, 0.717) is 6.04 Å². The first-order valence-electron chi connectivity index (χ1n) is 4.78. The number of alkyl halides is 3. The maximum atomic E-state index is 10.6. The lowest BCUT2D eigenvalue weighted by Gasteiger charge is -2.18. The Labute approximate surface area is 99.5 Å². The van der Waals surface area contributed by atoms with Crippen molar-refractivity contribution >= 4 is 17.3 Å². The van der Waals surface area contributed by atoms with Gasteiger partial charge in [0.15, 0.2) is 0 Å². The van der Waals surface area contributed by atoms with Crippen molar-refractivity contribution < 1.29 is 23.1 Å². The fourth-order valence-corrected chi connectivity index (χ4v) is 2.19. The third-order valence-electron chi connectivity index (χ3n) is 2.12. The summed E-state index contributed by atoms with van der Waals surface area (Å²) in [6.07, 6.45) is -3.98. The first kappa shape index (κ1) is 13.9. The molecule has 0 aliphatic carbocycles. The van der Waals surface area contributed by atoms with Crippen LogP contribution in [0.5, 0.6) is 0 Å². The Bertz CT molecular complexity index is 392. The summed E-state index contributed by atoms with van der Waals surface area (Å²) in [5, 5.41) is 10.5. The molecule has 0 unspecified atom stereocenters. The molecule has 1 aliphatic heterocycles. The van der Waals surface area contributed by atoms with Gasteiger partial charge in [0.05, 0.1) is 11.2 Å². The third-order valence-corrected chi connectivity index (χ3v) is 3.17. The van der Waals surface area contributed by atoms with Gasteiger partial charge in [-0.1, -0.05) is 0 Å². The number of hydrogen-bond donors (Lipinski definition) is 2. The van der Waals surface area contributed by atoms with Crippen molar-refractivity contribution in [3.8, 4) is 0 Å². The Morgan fingerprint density at radius 2 is 2.24 bits per heavy atom. The van der Waals surface area contributed by atoms with Crippen LogP contribution in [0.25, 0.3) is 0 Å². The lowest BCUT2D eigenvalue weighted by molar-refractivity contribution is -0.192. The second kappa shape index (κ2) is 5.46. The van der Waals surface area contributed by atoms with Gasteiger partial charge in [-0.15, -0.1) is 11.3 Å². The van der Waals surface area contributed by atoms with E-state index in [9.17, 15) is 13.2 Å². The van der Waals surface area contributed by atoms with Gasteiger partial charge in [0.2, 0.25) is 0 Å². The summed E-state index contributed by atoms with van der Waals surface area (Å²) in [5.74, 6) is -2.76. The zero-order chi connectivity index (χ0) is 13.1. The van der Waals surface area contributed by atoms with Crippen LogP contribution in [0.1, 0.15) is 23.5 Å². The van der Waals surface area contributed by atoms with E-state index in [4.69, 9.17) is 9.90 Å². The minimum atomic E-state index is -5.08. The molecule has 0 fully saturated rings. The molecule has 1 atom stereocenters. The van der Waals surface area contributed by atoms with Crippen molar-refractivity contribution in [3.63, 3.8) is 0 Å². The number of carbonyl (C=O) groups is 1. The zero-order valence-corrected chi connectivity index (χ0v) is 9.73. The predicted octanol–water partition coefficient (Wildman–Crippen LogP) is 1.98. The highest BCUT2D eigenvalue weighted by Gasteiger charge is 2.38. The average Bonchev–Trinajstić information content (AvgIpc) is 2.66. The van der Waals surface area contributed by atoms with Crippen molar-refractivity contribution in [3.05, 3.63) is 16.1 Å². The van der Waals surface area contributed by atoms with Gasteiger partial charge in [0, 0.05) is 23.9 Å². The van der Waals surface area contributed by atoms with Gasteiger partial charge in [-0.25, -0.2) is 9.78 Å². The maximum absolute atomic E-state index is 10.6. The Kier molecular flexibility index (Phi) is 4.47. The molecule has 1 aromatic rings. The Morgan fingerprint density at radius 1 is 1.65 bits per heavy atom. The first-order valence-corrected chi connectivity index (χ1v) is 5.66. The summed E-state index contributed by atoms with van der Waals surface area (Å²) in [5.41, 5.74) is 3.24. The van der Waals surface area contributed by atoms with Crippen LogP contribution in [-0.2, 0) is 11.2 Å².